The molecule has 2 aliphatic rings. The predicted octanol–water partition coefficient (Wildman–Crippen LogP) is 2.16. The normalized spacial score (nSPS) is 24.8. The number of allylic oxidation sites excluding steroid dienone is 3. The molecule has 3 heteroatoms. The smallest absolute Gasteiger partial charge is 0.142 e. The second-order valence-corrected chi connectivity index (χ2v) is 4.50. The van der Waals surface area contributed by atoms with Crippen molar-refractivity contribution in [2.24, 2.45) is 5.92 Å². The number of halogens is 1. The maximum Gasteiger partial charge on any atom is 0.142 e. The lowest BCUT2D eigenvalue weighted by Crippen LogP contribution is -2.25. The Labute approximate surface area is 92.6 Å². The summed E-state index contributed by atoms with van der Waals surface area (Å²) in [7, 11) is 0. The minimum absolute atomic E-state index is 0.107. The summed E-state index contributed by atoms with van der Waals surface area (Å²) in [4.78, 5) is 11.8. The van der Waals surface area contributed by atoms with Crippen LogP contribution in [0.3, 0.4) is 0 Å². The molecule has 0 aromatic carbocycles. The Balaban J connectivity index is 2.14. The molecule has 0 aromatic heterocycles. The molecule has 1 heterocycles. The molecule has 2 rings (SSSR count). The fraction of sp³-hybridized carbons (Fsp3) is 0.545. The molecule has 1 aliphatic heterocycles. The second-order valence-electron chi connectivity index (χ2n) is 3.71. The Bertz CT molecular complexity index is 306. The van der Waals surface area contributed by atoms with Crippen molar-refractivity contribution in [1.29, 1.82) is 0 Å². The number of carbonyl (C=O) groups excluding carboxylic acids is 1. The van der Waals surface area contributed by atoms with E-state index in [1.54, 1.807) is 0 Å². The Hall–Kier alpha value is -0.570. The van der Waals surface area contributed by atoms with Crippen LogP contribution in [0, 0.1) is 5.92 Å². The molecule has 0 saturated heterocycles. The van der Waals surface area contributed by atoms with Crippen LogP contribution in [0.2, 0.25) is 0 Å². The van der Waals surface area contributed by atoms with Gasteiger partial charge in [0, 0.05) is 24.0 Å². The number of nitrogens with one attached hydrogen (secondary N) is 1. The van der Waals surface area contributed by atoms with E-state index < -0.39 is 0 Å². The van der Waals surface area contributed by atoms with Crippen LogP contribution >= 0.6 is 15.9 Å². The van der Waals surface area contributed by atoms with E-state index in [1.165, 1.54) is 11.3 Å². The maximum atomic E-state index is 11.8. The molecule has 2 nitrogen and oxygen atoms in total. The van der Waals surface area contributed by atoms with Gasteiger partial charge in [0.1, 0.15) is 5.78 Å². The van der Waals surface area contributed by atoms with Gasteiger partial charge in [0.25, 0.3) is 0 Å². The van der Waals surface area contributed by atoms with Crippen LogP contribution < -0.4 is 5.32 Å². The van der Waals surface area contributed by atoms with Crippen molar-refractivity contribution >= 4 is 21.7 Å². The fourth-order valence-electron chi connectivity index (χ4n) is 2.12. The molecule has 0 aromatic rings. The lowest BCUT2D eigenvalue weighted by molar-refractivity contribution is -0.121. The lowest BCUT2D eigenvalue weighted by Gasteiger charge is -2.19. The molecule has 1 aliphatic carbocycles. The van der Waals surface area contributed by atoms with Gasteiger partial charge in [0.15, 0.2) is 0 Å². The number of hydrogen-bond acceptors (Lipinski definition) is 2. The van der Waals surface area contributed by atoms with E-state index in [0.717, 1.165) is 24.7 Å². The molecule has 14 heavy (non-hydrogen) atoms. The quantitative estimate of drug-likeness (QED) is 0.784. The van der Waals surface area contributed by atoms with E-state index in [0.29, 0.717) is 12.2 Å². The SMILES string of the molecule is O=C(CCBr)C1CC=CC2=C1NCC2. The number of ketones is 1. The molecule has 0 spiro atoms. The molecular formula is C11H14BrNO. The summed E-state index contributed by atoms with van der Waals surface area (Å²) in [5.41, 5.74) is 2.53. The molecule has 0 radical (unpaired) electrons. The van der Waals surface area contributed by atoms with Crippen molar-refractivity contribution in [3.05, 3.63) is 23.4 Å². The topological polar surface area (TPSA) is 29.1 Å². The first-order valence-corrected chi connectivity index (χ1v) is 6.17. The van der Waals surface area contributed by atoms with Crippen molar-refractivity contribution in [1.82, 2.24) is 5.32 Å². The first-order chi connectivity index (χ1) is 6.83. The first kappa shape index (κ1) is 9.97. The maximum absolute atomic E-state index is 11.8. The molecule has 0 saturated carbocycles. The molecule has 1 atom stereocenters. The zero-order valence-corrected chi connectivity index (χ0v) is 9.64. The third-order valence-electron chi connectivity index (χ3n) is 2.82. The standard InChI is InChI=1S/C11H14BrNO/c12-6-4-10(14)9-3-1-2-8-5-7-13-11(8)9/h1-2,9,13H,3-7H2. The molecule has 1 unspecified atom stereocenters. The van der Waals surface area contributed by atoms with Crippen LogP contribution in [-0.4, -0.2) is 17.7 Å². The Kier molecular flexibility index (Phi) is 3.06. The Morgan fingerprint density at radius 3 is 3.29 bits per heavy atom. The van der Waals surface area contributed by atoms with Gasteiger partial charge in [-0.3, -0.25) is 4.79 Å². The van der Waals surface area contributed by atoms with Crippen LogP contribution in [0.5, 0.6) is 0 Å². The summed E-state index contributed by atoms with van der Waals surface area (Å²) >= 11 is 3.31. The van der Waals surface area contributed by atoms with Gasteiger partial charge in [-0.25, -0.2) is 0 Å². The van der Waals surface area contributed by atoms with Crippen LogP contribution in [-0.2, 0) is 4.79 Å². The van der Waals surface area contributed by atoms with Crippen molar-refractivity contribution in [2.75, 3.05) is 11.9 Å². The highest BCUT2D eigenvalue weighted by Gasteiger charge is 2.28. The largest absolute Gasteiger partial charge is 0.387 e. The van der Waals surface area contributed by atoms with E-state index in [9.17, 15) is 4.79 Å². The number of Topliss-reactive ketones (excluding diaryl/α,β-unsaturated/α-hetero) is 1. The molecule has 0 fully saturated rings. The van der Waals surface area contributed by atoms with E-state index >= 15 is 0 Å². The number of hydrogen-bond donors (Lipinski definition) is 1. The number of alkyl halides is 1. The molecule has 0 amide bonds. The van der Waals surface area contributed by atoms with Gasteiger partial charge in [0.2, 0.25) is 0 Å². The average Bonchev–Trinajstić information content (AvgIpc) is 2.65. The van der Waals surface area contributed by atoms with E-state index in [4.69, 9.17) is 0 Å². The summed E-state index contributed by atoms with van der Waals surface area (Å²) in [6, 6.07) is 0. The highest BCUT2D eigenvalue weighted by atomic mass is 79.9. The first-order valence-electron chi connectivity index (χ1n) is 5.05. The van der Waals surface area contributed by atoms with Gasteiger partial charge in [-0.2, -0.15) is 0 Å². The molecule has 76 valence electrons. The molecular weight excluding hydrogens is 242 g/mol. The van der Waals surface area contributed by atoms with E-state index in [-0.39, 0.29) is 5.92 Å². The fourth-order valence-corrected chi connectivity index (χ4v) is 2.51. The monoisotopic (exact) mass is 255 g/mol. The van der Waals surface area contributed by atoms with Crippen molar-refractivity contribution in [2.45, 2.75) is 19.3 Å². The van der Waals surface area contributed by atoms with Crippen molar-refractivity contribution in [3.63, 3.8) is 0 Å². The third kappa shape index (κ3) is 1.78. The zero-order valence-electron chi connectivity index (χ0n) is 8.05. The Morgan fingerprint density at radius 1 is 1.64 bits per heavy atom. The van der Waals surface area contributed by atoms with Crippen molar-refractivity contribution in [3.8, 4) is 0 Å². The summed E-state index contributed by atoms with van der Waals surface area (Å²) in [6.45, 7) is 0.993. The minimum Gasteiger partial charge on any atom is -0.387 e. The van der Waals surface area contributed by atoms with Crippen LogP contribution in [0.15, 0.2) is 23.4 Å². The summed E-state index contributed by atoms with van der Waals surface area (Å²) in [5, 5.41) is 4.11. The van der Waals surface area contributed by atoms with E-state index in [1.807, 2.05) is 0 Å². The summed E-state index contributed by atoms with van der Waals surface area (Å²) in [6.07, 6.45) is 6.87. The van der Waals surface area contributed by atoms with Gasteiger partial charge in [0.05, 0.1) is 5.92 Å². The number of carbonyl (C=O) groups is 1. The highest BCUT2D eigenvalue weighted by Crippen LogP contribution is 2.30. The van der Waals surface area contributed by atoms with Gasteiger partial charge in [-0.1, -0.05) is 28.1 Å². The van der Waals surface area contributed by atoms with Gasteiger partial charge in [-0.15, -0.1) is 0 Å². The predicted molar refractivity (Wildman–Crippen MR) is 60.3 cm³/mol. The minimum atomic E-state index is 0.107. The van der Waals surface area contributed by atoms with Gasteiger partial charge in [-0.05, 0) is 18.4 Å². The van der Waals surface area contributed by atoms with E-state index in [2.05, 4.69) is 33.4 Å². The van der Waals surface area contributed by atoms with Crippen LogP contribution in [0.4, 0.5) is 0 Å². The van der Waals surface area contributed by atoms with Gasteiger partial charge >= 0.3 is 0 Å². The van der Waals surface area contributed by atoms with Crippen LogP contribution in [0.25, 0.3) is 0 Å². The Morgan fingerprint density at radius 2 is 2.50 bits per heavy atom. The highest BCUT2D eigenvalue weighted by molar-refractivity contribution is 9.09. The zero-order chi connectivity index (χ0) is 9.97. The lowest BCUT2D eigenvalue weighted by atomic mass is 9.88. The third-order valence-corrected chi connectivity index (χ3v) is 3.22. The number of rotatable bonds is 3. The summed E-state index contributed by atoms with van der Waals surface area (Å²) in [5.74, 6) is 0.461. The van der Waals surface area contributed by atoms with Crippen molar-refractivity contribution < 1.29 is 4.79 Å². The van der Waals surface area contributed by atoms with Crippen LogP contribution in [0.1, 0.15) is 19.3 Å². The van der Waals surface area contributed by atoms with Gasteiger partial charge < -0.3 is 5.32 Å². The second kappa shape index (κ2) is 4.30. The average molecular weight is 256 g/mol. The summed E-state index contributed by atoms with van der Waals surface area (Å²) < 4.78 is 0. The molecule has 1 N–H and O–H groups in total. The molecule has 0 bridgehead atoms.